The van der Waals surface area contributed by atoms with Crippen molar-refractivity contribution in [3.05, 3.63) is 71.3 Å². The van der Waals surface area contributed by atoms with Gasteiger partial charge in [0.15, 0.2) is 5.65 Å². The number of aromatic nitrogens is 3. The van der Waals surface area contributed by atoms with Crippen LogP contribution < -0.4 is 4.90 Å². The fourth-order valence-electron chi connectivity index (χ4n) is 2.90. The zero-order chi connectivity index (χ0) is 19.9. The van der Waals surface area contributed by atoms with Gasteiger partial charge in [-0.3, -0.25) is 4.55 Å². The van der Waals surface area contributed by atoms with Crippen LogP contribution in [-0.2, 0) is 10.1 Å². The van der Waals surface area contributed by atoms with Crippen molar-refractivity contribution in [3.63, 3.8) is 0 Å². The molecule has 0 radical (unpaired) electrons. The van der Waals surface area contributed by atoms with E-state index in [1.54, 1.807) is 34.8 Å². The van der Waals surface area contributed by atoms with Crippen LogP contribution in [0.2, 0.25) is 0 Å². The second-order valence-corrected chi connectivity index (χ2v) is 8.40. The van der Waals surface area contributed by atoms with Crippen LogP contribution in [0.15, 0.2) is 76.2 Å². The average Bonchev–Trinajstić information content (AvgIpc) is 3.08. The lowest BCUT2D eigenvalue weighted by Gasteiger charge is -2.21. The summed E-state index contributed by atoms with van der Waals surface area (Å²) in [7, 11) is -2.51. The molecular formula is C19H15BrN4O3S. The molecule has 0 spiro atoms. The highest BCUT2D eigenvalue weighted by Gasteiger charge is 2.17. The molecule has 0 saturated heterocycles. The number of benzene rings is 2. The van der Waals surface area contributed by atoms with Crippen molar-refractivity contribution in [1.82, 2.24) is 14.6 Å². The number of anilines is 2. The van der Waals surface area contributed by atoms with E-state index in [-0.39, 0.29) is 4.90 Å². The summed E-state index contributed by atoms with van der Waals surface area (Å²) < 4.78 is 34.8. The van der Waals surface area contributed by atoms with Crippen molar-refractivity contribution >= 4 is 43.2 Å². The lowest BCUT2D eigenvalue weighted by molar-refractivity contribution is 0.483. The Balaban J connectivity index is 1.91. The Labute approximate surface area is 170 Å². The topological polar surface area (TPSA) is 87.8 Å². The molecular weight excluding hydrogens is 444 g/mol. The minimum absolute atomic E-state index is 0.174. The van der Waals surface area contributed by atoms with Gasteiger partial charge in [-0.2, -0.15) is 18.0 Å². The molecule has 142 valence electrons. The minimum Gasteiger partial charge on any atom is -0.329 e. The molecule has 2 aromatic carbocycles. The average molecular weight is 459 g/mol. The summed E-state index contributed by atoms with van der Waals surface area (Å²) in [5, 5.41) is 4.37. The van der Waals surface area contributed by atoms with E-state index in [4.69, 9.17) is 0 Å². The summed E-state index contributed by atoms with van der Waals surface area (Å²) in [6, 6.07) is 17.7. The second kappa shape index (κ2) is 7.01. The third-order valence-corrected chi connectivity index (χ3v) is 5.73. The zero-order valence-corrected chi connectivity index (χ0v) is 17.1. The molecule has 0 saturated carbocycles. The van der Waals surface area contributed by atoms with Crippen LogP contribution in [0.5, 0.6) is 0 Å². The maximum Gasteiger partial charge on any atom is 0.294 e. The number of hydrogen-bond acceptors (Lipinski definition) is 5. The Bertz CT molecular complexity index is 1270. The molecule has 4 rings (SSSR count). The molecule has 2 heterocycles. The van der Waals surface area contributed by atoms with Gasteiger partial charge in [0.1, 0.15) is 5.82 Å². The first-order valence-corrected chi connectivity index (χ1v) is 10.5. The van der Waals surface area contributed by atoms with Crippen LogP contribution in [0.1, 0.15) is 0 Å². The number of fused-ring (bicyclic) bond motifs is 1. The van der Waals surface area contributed by atoms with Gasteiger partial charge in [-0.1, -0.05) is 36.4 Å². The van der Waals surface area contributed by atoms with Gasteiger partial charge in [0, 0.05) is 24.4 Å². The van der Waals surface area contributed by atoms with Crippen LogP contribution in [0.4, 0.5) is 11.5 Å². The molecule has 0 atom stereocenters. The van der Waals surface area contributed by atoms with Crippen molar-refractivity contribution in [2.24, 2.45) is 0 Å². The number of rotatable bonds is 4. The zero-order valence-electron chi connectivity index (χ0n) is 14.7. The molecule has 1 N–H and O–H groups in total. The smallest absolute Gasteiger partial charge is 0.294 e. The standard InChI is InChI=1S/C19H15BrN4O3S/c1-23(14-8-5-9-15(10-14)28(25,26)27)18-11-17(13-6-3-2-4-7-13)22-19-16(20)12-21-24(18)19/h2-12H,1H3,(H,25,26,27). The summed E-state index contributed by atoms with van der Waals surface area (Å²) in [5.74, 6) is 0.682. The van der Waals surface area contributed by atoms with Gasteiger partial charge in [-0.05, 0) is 34.1 Å². The molecule has 0 unspecified atom stereocenters. The van der Waals surface area contributed by atoms with Gasteiger partial charge >= 0.3 is 0 Å². The molecule has 7 nitrogen and oxygen atoms in total. The van der Waals surface area contributed by atoms with Gasteiger partial charge in [0.2, 0.25) is 0 Å². The number of halogens is 1. The molecule has 2 aromatic heterocycles. The third kappa shape index (κ3) is 3.39. The van der Waals surface area contributed by atoms with E-state index in [1.807, 2.05) is 36.4 Å². The highest BCUT2D eigenvalue weighted by molar-refractivity contribution is 9.10. The Kier molecular flexibility index (Phi) is 4.66. The molecule has 0 aliphatic rings. The fourth-order valence-corrected chi connectivity index (χ4v) is 3.77. The molecule has 0 bridgehead atoms. The minimum atomic E-state index is -4.30. The van der Waals surface area contributed by atoms with E-state index < -0.39 is 10.1 Å². The van der Waals surface area contributed by atoms with Crippen molar-refractivity contribution in [1.29, 1.82) is 0 Å². The molecule has 0 amide bonds. The van der Waals surface area contributed by atoms with Crippen LogP contribution in [0.3, 0.4) is 0 Å². The van der Waals surface area contributed by atoms with Crippen molar-refractivity contribution < 1.29 is 13.0 Å². The highest BCUT2D eigenvalue weighted by atomic mass is 79.9. The molecule has 0 aliphatic heterocycles. The summed E-state index contributed by atoms with van der Waals surface area (Å²) in [4.78, 5) is 6.30. The maximum absolute atomic E-state index is 11.5. The first kappa shape index (κ1) is 18.6. The lowest BCUT2D eigenvalue weighted by Crippen LogP contribution is -2.15. The predicted octanol–water partition coefficient (Wildman–Crippen LogP) is 4.17. The van der Waals surface area contributed by atoms with Crippen molar-refractivity contribution in [3.8, 4) is 11.3 Å². The van der Waals surface area contributed by atoms with Gasteiger partial charge in [0.25, 0.3) is 10.1 Å². The van der Waals surface area contributed by atoms with Crippen LogP contribution in [-0.4, -0.2) is 34.6 Å². The normalized spacial score (nSPS) is 11.7. The summed E-state index contributed by atoms with van der Waals surface area (Å²) in [6.45, 7) is 0. The molecule has 0 aliphatic carbocycles. The predicted molar refractivity (Wildman–Crippen MR) is 110 cm³/mol. The van der Waals surface area contributed by atoms with E-state index in [1.165, 1.54) is 12.1 Å². The summed E-state index contributed by atoms with van der Waals surface area (Å²) in [5.41, 5.74) is 2.91. The summed E-state index contributed by atoms with van der Waals surface area (Å²) >= 11 is 3.47. The van der Waals surface area contributed by atoms with Crippen molar-refractivity contribution in [2.75, 3.05) is 11.9 Å². The van der Waals surface area contributed by atoms with Crippen LogP contribution in [0.25, 0.3) is 16.9 Å². The van der Waals surface area contributed by atoms with Gasteiger partial charge in [-0.15, -0.1) is 0 Å². The fraction of sp³-hybridized carbons (Fsp3) is 0.0526. The van der Waals surface area contributed by atoms with E-state index in [0.29, 0.717) is 17.2 Å². The maximum atomic E-state index is 11.5. The lowest BCUT2D eigenvalue weighted by atomic mass is 10.1. The first-order chi connectivity index (χ1) is 13.3. The Morgan fingerprint density at radius 2 is 1.82 bits per heavy atom. The largest absolute Gasteiger partial charge is 0.329 e. The SMILES string of the molecule is CN(c1cccc(S(=O)(=O)O)c1)c1cc(-c2ccccc2)nc2c(Br)cnn12. The molecule has 0 fully saturated rings. The number of hydrogen-bond donors (Lipinski definition) is 1. The molecule has 9 heteroatoms. The first-order valence-electron chi connectivity index (χ1n) is 8.25. The monoisotopic (exact) mass is 458 g/mol. The molecule has 28 heavy (non-hydrogen) atoms. The van der Waals surface area contributed by atoms with Crippen molar-refractivity contribution in [2.45, 2.75) is 4.90 Å². The Morgan fingerprint density at radius 1 is 1.07 bits per heavy atom. The van der Waals surface area contributed by atoms with E-state index in [2.05, 4.69) is 26.0 Å². The summed E-state index contributed by atoms with van der Waals surface area (Å²) in [6.07, 6.45) is 1.66. The number of nitrogens with zero attached hydrogens (tertiary/aromatic N) is 4. The van der Waals surface area contributed by atoms with Gasteiger partial charge in [-0.25, -0.2) is 4.98 Å². The Morgan fingerprint density at radius 3 is 2.54 bits per heavy atom. The van der Waals surface area contributed by atoms with Gasteiger partial charge < -0.3 is 4.90 Å². The second-order valence-electron chi connectivity index (χ2n) is 6.12. The third-order valence-electron chi connectivity index (χ3n) is 4.33. The molecule has 4 aromatic rings. The van der Waals surface area contributed by atoms with E-state index in [9.17, 15) is 13.0 Å². The highest BCUT2D eigenvalue weighted by Crippen LogP contribution is 2.31. The van der Waals surface area contributed by atoms with E-state index >= 15 is 0 Å². The van der Waals surface area contributed by atoms with Crippen LogP contribution >= 0.6 is 15.9 Å². The van der Waals surface area contributed by atoms with Gasteiger partial charge in [0.05, 0.1) is 21.3 Å². The Hall–Kier alpha value is -2.75. The quantitative estimate of drug-likeness (QED) is 0.461. The van der Waals surface area contributed by atoms with Crippen LogP contribution in [0, 0.1) is 0 Å². The van der Waals surface area contributed by atoms with E-state index in [0.717, 1.165) is 15.7 Å².